The zero-order valence-corrected chi connectivity index (χ0v) is 12.5. The summed E-state index contributed by atoms with van der Waals surface area (Å²) in [6.07, 6.45) is 0. The number of hydrogen-bond donors (Lipinski definition) is 2. The third kappa shape index (κ3) is 3.95. The number of aromatic carboxylic acids is 1. The summed E-state index contributed by atoms with van der Waals surface area (Å²) in [6, 6.07) is 9.84. The van der Waals surface area contributed by atoms with Crippen molar-refractivity contribution >= 4 is 5.97 Å². The monoisotopic (exact) mass is 302 g/mol. The Balaban J connectivity index is 2.12. The van der Waals surface area contributed by atoms with E-state index in [1.807, 2.05) is 18.0 Å². The first kappa shape index (κ1) is 15.8. The maximum Gasteiger partial charge on any atom is 0.335 e. The number of pyridine rings is 1. The Bertz CT molecular complexity index is 724. The van der Waals surface area contributed by atoms with Crippen molar-refractivity contribution in [3.8, 4) is 5.75 Å². The van der Waals surface area contributed by atoms with Crippen LogP contribution < -0.4 is 10.3 Å². The second kappa shape index (κ2) is 6.91. The van der Waals surface area contributed by atoms with E-state index in [0.29, 0.717) is 18.8 Å². The molecule has 1 heterocycles. The molecule has 0 spiro atoms. The van der Waals surface area contributed by atoms with Crippen molar-refractivity contribution in [1.29, 1.82) is 0 Å². The van der Waals surface area contributed by atoms with Gasteiger partial charge in [0.2, 0.25) is 5.56 Å². The Morgan fingerprint density at radius 3 is 2.68 bits per heavy atom. The fourth-order valence-corrected chi connectivity index (χ4v) is 2.23. The van der Waals surface area contributed by atoms with E-state index in [0.717, 1.165) is 11.3 Å². The first-order valence-electron chi connectivity index (χ1n) is 6.76. The lowest BCUT2D eigenvalue weighted by Gasteiger charge is -2.18. The van der Waals surface area contributed by atoms with Crippen molar-refractivity contribution < 1.29 is 14.6 Å². The number of rotatable bonds is 6. The smallest absolute Gasteiger partial charge is 0.335 e. The van der Waals surface area contributed by atoms with Gasteiger partial charge in [-0.05, 0) is 25.2 Å². The van der Waals surface area contributed by atoms with E-state index in [4.69, 9.17) is 9.84 Å². The second-order valence-electron chi connectivity index (χ2n) is 5.04. The molecule has 0 radical (unpaired) electrons. The van der Waals surface area contributed by atoms with Gasteiger partial charge in [0.25, 0.3) is 0 Å². The molecule has 1 aromatic carbocycles. The lowest BCUT2D eigenvalue weighted by molar-refractivity contribution is 0.0696. The number of aromatic amines is 1. The first-order valence-corrected chi connectivity index (χ1v) is 6.76. The molecular weight excluding hydrogens is 284 g/mol. The lowest BCUT2D eigenvalue weighted by Crippen LogP contribution is -2.20. The second-order valence-corrected chi connectivity index (χ2v) is 5.04. The van der Waals surface area contributed by atoms with Crippen LogP contribution in [0.2, 0.25) is 0 Å². The van der Waals surface area contributed by atoms with Crippen LogP contribution >= 0.6 is 0 Å². The van der Waals surface area contributed by atoms with Crippen molar-refractivity contribution in [2.24, 2.45) is 0 Å². The number of aromatic nitrogens is 1. The first-order chi connectivity index (χ1) is 10.5. The highest BCUT2D eigenvalue weighted by atomic mass is 16.5. The third-order valence-electron chi connectivity index (χ3n) is 3.24. The van der Waals surface area contributed by atoms with Crippen LogP contribution in [0.3, 0.4) is 0 Å². The minimum Gasteiger partial charge on any atom is -0.496 e. The number of benzene rings is 1. The Kier molecular flexibility index (Phi) is 4.95. The van der Waals surface area contributed by atoms with Crippen LogP contribution in [0.1, 0.15) is 21.6 Å². The van der Waals surface area contributed by atoms with Crippen molar-refractivity contribution in [3.63, 3.8) is 0 Å². The SMILES string of the molecule is COc1cc(C(=O)O)ccc1CN(C)Cc1cccc(=O)[nH]1. The van der Waals surface area contributed by atoms with E-state index in [9.17, 15) is 9.59 Å². The van der Waals surface area contributed by atoms with Crippen LogP contribution in [-0.2, 0) is 13.1 Å². The van der Waals surface area contributed by atoms with Gasteiger partial charge in [-0.25, -0.2) is 4.79 Å². The molecule has 0 aliphatic carbocycles. The van der Waals surface area contributed by atoms with Crippen LogP contribution in [0.25, 0.3) is 0 Å². The summed E-state index contributed by atoms with van der Waals surface area (Å²) in [5, 5.41) is 9.00. The standard InChI is InChI=1S/C16H18N2O4/c1-18(10-13-4-3-5-15(19)17-13)9-12-7-6-11(16(20)21)8-14(12)22-2/h3-8H,9-10H2,1-2H3,(H,17,19)(H,20,21). The molecule has 0 aliphatic heterocycles. The number of carboxylic acid groups (broad SMARTS) is 1. The Morgan fingerprint density at radius 2 is 2.05 bits per heavy atom. The molecule has 2 rings (SSSR count). The quantitative estimate of drug-likeness (QED) is 0.849. The number of ether oxygens (including phenoxy) is 1. The zero-order chi connectivity index (χ0) is 16.1. The summed E-state index contributed by atoms with van der Waals surface area (Å²) in [5.74, 6) is -0.451. The van der Waals surface area contributed by atoms with Crippen LogP contribution in [0.4, 0.5) is 0 Å². The van der Waals surface area contributed by atoms with Crippen LogP contribution in [0.5, 0.6) is 5.75 Å². The molecule has 0 fully saturated rings. The van der Waals surface area contributed by atoms with E-state index >= 15 is 0 Å². The van der Waals surface area contributed by atoms with Crippen molar-refractivity contribution in [2.75, 3.05) is 14.2 Å². The van der Waals surface area contributed by atoms with Crippen LogP contribution in [0.15, 0.2) is 41.2 Å². The Labute approximate surface area is 128 Å². The highest BCUT2D eigenvalue weighted by Crippen LogP contribution is 2.22. The molecule has 0 saturated carbocycles. The number of nitrogens with zero attached hydrogens (tertiary/aromatic N) is 1. The minimum absolute atomic E-state index is 0.130. The Morgan fingerprint density at radius 1 is 1.27 bits per heavy atom. The summed E-state index contributed by atoms with van der Waals surface area (Å²) in [7, 11) is 3.43. The van der Waals surface area contributed by atoms with Gasteiger partial charge in [0.05, 0.1) is 12.7 Å². The number of carboxylic acids is 1. The van der Waals surface area contributed by atoms with Crippen molar-refractivity contribution in [3.05, 3.63) is 63.6 Å². The summed E-state index contributed by atoms with van der Waals surface area (Å²) >= 11 is 0. The molecule has 116 valence electrons. The predicted molar refractivity (Wildman–Crippen MR) is 82.2 cm³/mol. The van der Waals surface area contributed by atoms with Gasteiger partial charge in [0, 0.05) is 30.4 Å². The molecular formula is C16H18N2O4. The van der Waals surface area contributed by atoms with Gasteiger partial charge >= 0.3 is 5.97 Å². The molecule has 0 atom stereocenters. The zero-order valence-electron chi connectivity index (χ0n) is 12.5. The molecule has 0 unspecified atom stereocenters. The van der Waals surface area contributed by atoms with Gasteiger partial charge in [-0.1, -0.05) is 12.1 Å². The summed E-state index contributed by atoms with van der Waals surface area (Å²) < 4.78 is 5.26. The number of methoxy groups -OCH3 is 1. The third-order valence-corrected chi connectivity index (χ3v) is 3.24. The van der Waals surface area contributed by atoms with Crippen molar-refractivity contribution in [2.45, 2.75) is 13.1 Å². The Hall–Kier alpha value is -2.60. The topological polar surface area (TPSA) is 82.6 Å². The molecule has 2 aromatic rings. The fraction of sp³-hybridized carbons (Fsp3) is 0.250. The summed E-state index contributed by atoms with van der Waals surface area (Å²) in [6.45, 7) is 1.14. The average molecular weight is 302 g/mol. The highest BCUT2D eigenvalue weighted by molar-refractivity contribution is 5.88. The van der Waals surface area contributed by atoms with E-state index in [1.165, 1.54) is 19.2 Å². The van der Waals surface area contributed by atoms with Gasteiger partial charge in [0.1, 0.15) is 5.75 Å². The molecule has 0 saturated heterocycles. The van der Waals surface area contributed by atoms with Gasteiger partial charge in [-0.2, -0.15) is 0 Å². The maximum atomic E-state index is 11.3. The molecule has 0 bridgehead atoms. The minimum atomic E-state index is -0.986. The molecule has 6 heteroatoms. The van der Waals surface area contributed by atoms with E-state index < -0.39 is 5.97 Å². The predicted octanol–water partition coefficient (Wildman–Crippen LogP) is 1.71. The van der Waals surface area contributed by atoms with Gasteiger partial charge < -0.3 is 14.8 Å². The van der Waals surface area contributed by atoms with Gasteiger partial charge in [-0.15, -0.1) is 0 Å². The van der Waals surface area contributed by atoms with E-state index in [1.54, 1.807) is 18.2 Å². The van der Waals surface area contributed by atoms with E-state index in [2.05, 4.69) is 4.98 Å². The normalized spacial score (nSPS) is 10.7. The van der Waals surface area contributed by atoms with Crippen LogP contribution in [0, 0.1) is 0 Å². The summed E-state index contributed by atoms with van der Waals surface area (Å²) in [4.78, 5) is 27.0. The molecule has 0 aliphatic rings. The number of H-pyrrole nitrogens is 1. The fourth-order valence-electron chi connectivity index (χ4n) is 2.23. The molecule has 0 amide bonds. The van der Waals surface area contributed by atoms with Gasteiger partial charge in [-0.3, -0.25) is 9.69 Å². The number of nitrogens with one attached hydrogen (secondary N) is 1. The number of carbonyl (C=O) groups is 1. The van der Waals surface area contributed by atoms with Gasteiger partial charge in [0.15, 0.2) is 0 Å². The largest absolute Gasteiger partial charge is 0.496 e. The molecule has 22 heavy (non-hydrogen) atoms. The maximum absolute atomic E-state index is 11.3. The van der Waals surface area contributed by atoms with E-state index in [-0.39, 0.29) is 11.1 Å². The molecule has 2 N–H and O–H groups in total. The lowest BCUT2D eigenvalue weighted by atomic mass is 10.1. The number of hydrogen-bond acceptors (Lipinski definition) is 4. The summed E-state index contributed by atoms with van der Waals surface area (Å²) in [5.41, 5.74) is 1.76. The highest BCUT2D eigenvalue weighted by Gasteiger charge is 2.11. The van der Waals surface area contributed by atoms with Crippen LogP contribution in [-0.4, -0.2) is 35.1 Å². The molecule has 6 nitrogen and oxygen atoms in total. The van der Waals surface area contributed by atoms with Crippen molar-refractivity contribution in [1.82, 2.24) is 9.88 Å². The molecule has 1 aromatic heterocycles. The average Bonchev–Trinajstić information content (AvgIpc) is 2.47.